The average molecular weight is 395 g/mol. The number of halogens is 1. The smallest absolute Gasteiger partial charge is 0.258 e. The molecule has 0 saturated carbocycles. The normalized spacial score (nSPS) is 19.2. The summed E-state index contributed by atoms with van der Waals surface area (Å²) in [5, 5.41) is 4.17. The SMILES string of the molecule is COc1cccc(C(=O)N2CCCCC2(C)c2noc(-c3ccc(F)cc3)n2)c1. The van der Waals surface area contributed by atoms with Crippen LogP contribution in [0, 0.1) is 5.82 Å². The van der Waals surface area contributed by atoms with E-state index in [4.69, 9.17) is 9.26 Å². The Balaban J connectivity index is 1.67. The average Bonchev–Trinajstić information content (AvgIpc) is 3.25. The molecule has 1 saturated heterocycles. The third-order valence-corrected chi connectivity index (χ3v) is 5.45. The maximum absolute atomic E-state index is 13.3. The number of carbonyl (C=O) groups is 1. The summed E-state index contributed by atoms with van der Waals surface area (Å²) in [7, 11) is 1.57. The number of aromatic nitrogens is 2. The Morgan fingerprint density at radius 1 is 1.21 bits per heavy atom. The molecule has 0 aliphatic carbocycles. The van der Waals surface area contributed by atoms with Crippen LogP contribution in [-0.4, -0.2) is 34.6 Å². The minimum Gasteiger partial charge on any atom is -0.497 e. The molecule has 4 rings (SSSR count). The first-order valence-corrected chi connectivity index (χ1v) is 9.57. The second-order valence-electron chi connectivity index (χ2n) is 7.35. The van der Waals surface area contributed by atoms with Crippen LogP contribution in [0.2, 0.25) is 0 Å². The first kappa shape index (κ1) is 19.1. The van der Waals surface area contributed by atoms with Crippen LogP contribution in [0.3, 0.4) is 0 Å². The predicted molar refractivity (Wildman–Crippen MR) is 105 cm³/mol. The third-order valence-electron chi connectivity index (χ3n) is 5.45. The number of piperidine rings is 1. The highest BCUT2D eigenvalue weighted by Crippen LogP contribution is 2.38. The highest BCUT2D eigenvalue weighted by Gasteiger charge is 2.43. The molecule has 150 valence electrons. The topological polar surface area (TPSA) is 68.5 Å². The van der Waals surface area contributed by atoms with Crippen LogP contribution in [0.15, 0.2) is 53.1 Å². The molecule has 2 heterocycles. The quantitative estimate of drug-likeness (QED) is 0.654. The number of amides is 1. The van der Waals surface area contributed by atoms with E-state index < -0.39 is 5.54 Å². The van der Waals surface area contributed by atoms with Crippen molar-refractivity contribution in [1.29, 1.82) is 0 Å². The van der Waals surface area contributed by atoms with E-state index in [1.807, 2.05) is 11.8 Å². The molecule has 1 amide bonds. The zero-order chi connectivity index (χ0) is 20.4. The van der Waals surface area contributed by atoms with Gasteiger partial charge < -0.3 is 14.2 Å². The number of ether oxygens (including phenoxy) is 1. The molecule has 0 bridgehead atoms. The molecule has 3 aromatic rings. The first-order chi connectivity index (χ1) is 14.0. The van der Waals surface area contributed by atoms with Crippen molar-refractivity contribution in [3.63, 3.8) is 0 Å². The van der Waals surface area contributed by atoms with E-state index >= 15 is 0 Å². The fourth-order valence-electron chi connectivity index (χ4n) is 3.74. The number of likely N-dealkylation sites (tertiary alicyclic amines) is 1. The van der Waals surface area contributed by atoms with E-state index in [2.05, 4.69) is 10.1 Å². The zero-order valence-electron chi connectivity index (χ0n) is 16.4. The van der Waals surface area contributed by atoms with E-state index in [9.17, 15) is 9.18 Å². The second kappa shape index (κ2) is 7.66. The van der Waals surface area contributed by atoms with E-state index in [-0.39, 0.29) is 11.7 Å². The summed E-state index contributed by atoms with van der Waals surface area (Å²) in [6, 6.07) is 13.0. The summed E-state index contributed by atoms with van der Waals surface area (Å²) in [5.74, 6) is 0.961. The Morgan fingerprint density at radius 2 is 2.00 bits per heavy atom. The van der Waals surface area contributed by atoms with Gasteiger partial charge in [0.1, 0.15) is 17.1 Å². The molecule has 0 N–H and O–H groups in total. The van der Waals surface area contributed by atoms with Gasteiger partial charge in [-0.25, -0.2) is 4.39 Å². The molecule has 1 atom stereocenters. The molecule has 1 aromatic heterocycles. The van der Waals surface area contributed by atoms with Crippen LogP contribution in [0.5, 0.6) is 5.75 Å². The predicted octanol–water partition coefficient (Wildman–Crippen LogP) is 4.43. The molecule has 7 heteroatoms. The lowest BCUT2D eigenvalue weighted by atomic mass is 9.87. The van der Waals surface area contributed by atoms with Crippen molar-refractivity contribution in [2.24, 2.45) is 0 Å². The van der Waals surface area contributed by atoms with Gasteiger partial charge >= 0.3 is 0 Å². The van der Waals surface area contributed by atoms with Gasteiger partial charge in [0, 0.05) is 17.7 Å². The summed E-state index contributed by atoms with van der Waals surface area (Å²) in [4.78, 5) is 19.7. The highest BCUT2D eigenvalue weighted by molar-refractivity contribution is 5.95. The van der Waals surface area contributed by atoms with Gasteiger partial charge in [0.25, 0.3) is 11.8 Å². The van der Waals surface area contributed by atoms with Crippen molar-refractivity contribution < 1.29 is 18.4 Å². The van der Waals surface area contributed by atoms with Gasteiger partial charge in [-0.05, 0) is 68.7 Å². The zero-order valence-corrected chi connectivity index (χ0v) is 16.4. The van der Waals surface area contributed by atoms with Crippen LogP contribution in [0.1, 0.15) is 42.4 Å². The molecule has 2 aromatic carbocycles. The number of nitrogens with zero attached hydrogens (tertiary/aromatic N) is 3. The summed E-state index contributed by atoms with van der Waals surface area (Å²) in [6.45, 7) is 2.57. The Hall–Kier alpha value is -3.22. The first-order valence-electron chi connectivity index (χ1n) is 9.57. The van der Waals surface area contributed by atoms with Crippen molar-refractivity contribution in [2.45, 2.75) is 31.7 Å². The van der Waals surface area contributed by atoms with Crippen molar-refractivity contribution >= 4 is 5.91 Å². The molecule has 1 aliphatic heterocycles. The molecule has 1 aliphatic rings. The summed E-state index contributed by atoms with van der Waals surface area (Å²) < 4.78 is 23.9. The number of benzene rings is 2. The standard InChI is InChI=1S/C22H22FN3O3/c1-22(21-24-19(29-25-21)15-8-10-17(23)11-9-15)12-3-4-13-26(22)20(27)16-6-5-7-18(14-16)28-2/h5-11,14H,3-4,12-13H2,1-2H3. The van der Waals surface area contributed by atoms with E-state index in [0.717, 1.165) is 19.3 Å². The van der Waals surface area contributed by atoms with Crippen molar-refractivity contribution in [1.82, 2.24) is 15.0 Å². The van der Waals surface area contributed by atoms with Gasteiger partial charge in [-0.1, -0.05) is 11.2 Å². The molecule has 0 spiro atoms. The fourth-order valence-corrected chi connectivity index (χ4v) is 3.74. The Kier molecular flexibility index (Phi) is 5.05. The number of rotatable bonds is 4. The number of carbonyl (C=O) groups excluding carboxylic acids is 1. The molecule has 1 fully saturated rings. The van der Waals surface area contributed by atoms with Crippen molar-refractivity contribution in [2.75, 3.05) is 13.7 Å². The number of methoxy groups -OCH3 is 1. The second-order valence-corrected chi connectivity index (χ2v) is 7.35. The van der Waals surface area contributed by atoms with Gasteiger partial charge in [-0.3, -0.25) is 4.79 Å². The molecular formula is C22H22FN3O3. The molecule has 0 radical (unpaired) electrons. The lowest BCUT2D eigenvalue weighted by Crippen LogP contribution is -2.51. The minimum atomic E-state index is -0.694. The van der Waals surface area contributed by atoms with E-state index in [0.29, 0.717) is 35.1 Å². The van der Waals surface area contributed by atoms with Crippen LogP contribution in [0.25, 0.3) is 11.5 Å². The number of hydrogen-bond donors (Lipinski definition) is 0. The van der Waals surface area contributed by atoms with Crippen LogP contribution in [0.4, 0.5) is 4.39 Å². The van der Waals surface area contributed by atoms with Crippen LogP contribution < -0.4 is 4.74 Å². The largest absolute Gasteiger partial charge is 0.497 e. The molecule has 6 nitrogen and oxygen atoms in total. The Labute approximate surface area is 168 Å². The number of hydrogen-bond acceptors (Lipinski definition) is 5. The minimum absolute atomic E-state index is 0.0979. The van der Waals surface area contributed by atoms with Gasteiger partial charge in [0.15, 0.2) is 5.82 Å². The molecule has 1 unspecified atom stereocenters. The van der Waals surface area contributed by atoms with E-state index in [1.54, 1.807) is 43.5 Å². The highest BCUT2D eigenvalue weighted by atomic mass is 19.1. The fraction of sp³-hybridized carbons (Fsp3) is 0.318. The Bertz CT molecular complexity index is 1020. The monoisotopic (exact) mass is 395 g/mol. The third kappa shape index (κ3) is 3.60. The maximum atomic E-state index is 13.3. The van der Waals surface area contributed by atoms with Gasteiger partial charge in [-0.15, -0.1) is 0 Å². The van der Waals surface area contributed by atoms with Gasteiger partial charge in [-0.2, -0.15) is 4.98 Å². The van der Waals surface area contributed by atoms with E-state index in [1.165, 1.54) is 12.1 Å². The van der Waals surface area contributed by atoms with Crippen LogP contribution in [-0.2, 0) is 5.54 Å². The van der Waals surface area contributed by atoms with Crippen molar-refractivity contribution in [3.05, 3.63) is 65.7 Å². The summed E-state index contributed by atoms with van der Waals surface area (Å²) in [6.07, 6.45) is 2.60. The summed E-state index contributed by atoms with van der Waals surface area (Å²) in [5.41, 5.74) is 0.496. The lowest BCUT2D eigenvalue weighted by molar-refractivity contribution is 0.0324. The maximum Gasteiger partial charge on any atom is 0.258 e. The van der Waals surface area contributed by atoms with Gasteiger partial charge in [0.2, 0.25) is 0 Å². The lowest BCUT2D eigenvalue weighted by Gasteiger charge is -2.42. The van der Waals surface area contributed by atoms with Gasteiger partial charge in [0.05, 0.1) is 7.11 Å². The van der Waals surface area contributed by atoms with Crippen LogP contribution >= 0.6 is 0 Å². The Morgan fingerprint density at radius 3 is 2.76 bits per heavy atom. The van der Waals surface area contributed by atoms with Crippen molar-refractivity contribution in [3.8, 4) is 17.2 Å². The molecule has 29 heavy (non-hydrogen) atoms. The summed E-state index contributed by atoms with van der Waals surface area (Å²) >= 11 is 0. The molecular weight excluding hydrogens is 373 g/mol.